The summed E-state index contributed by atoms with van der Waals surface area (Å²) in [4.78, 5) is 11.0. The van der Waals surface area contributed by atoms with E-state index in [4.69, 9.17) is 5.11 Å². The highest BCUT2D eigenvalue weighted by Crippen LogP contribution is 2.20. The summed E-state index contributed by atoms with van der Waals surface area (Å²) < 4.78 is 1.04. The third-order valence-electron chi connectivity index (χ3n) is 1.47. The minimum atomic E-state index is -0.943. The van der Waals surface area contributed by atoms with Crippen LogP contribution < -0.4 is 5.32 Å². The average molecular weight is 264 g/mol. The van der Waals surface area contributed by atoms with E-state index in [0.29, 0.717) is 6.54 Å². The number of hydrogen-bond donors (Lipinski definition) is 2. The third-order valence-corrected chi connectivity index (χ3v) is 3.02. The Hall–Kier alpha value is -0.390. The lowest BCUT2D eigenvalue weighted by Crippen LogP contribution is -2.31. The van der Waals surface area contributed by atoms with Crippen LogP contribution in [0, 0.1) is 0 Å². The summed E-state index contributed by atoms with van der Waals surface area (Å²) in [6, 6.07) is 1.94. The van der Waals surface area contributed by atoms with Crippen molar-refractivity contribution in [1.82, 2.24) is 5.32 Å². The molecule has 0 spiro atoms. The molecule has 1 heterocycles. The molecule has 1 atom stereocenters. The molecule has 1 aromatic rings. The molecule has 0 radical (unpaired) electrons. The molecule has 72 valence electrons. The number of halogens is 1. The largest absolute Gasteiger partial charge is 0.384 e. The predicted octanol–water partition coefficient (Wildman–Crippen LogP) is 1.51. The van der Waals surface area contributed by atoms with Gasteiger partial charge in [-0.3, -0.25) is 4.79 Å². The zero-order valence-electron chi connectivity index (χ0n) is 7.08. The Labute approximate surface area is 88.9 Å². The van der Waals surface area contributed by atoms with Crippen LogP contribution in [0.3, 0.4) is 0 Å². The fourth-order valence-electron chi connectivity index (χ4n) is 0.775. The van der Waals surface area contributed by atoms with Gasteiger partial charge in [-0.15, -0.1) is 11.3 Å². The van der Waals surface area contributed by atoms with Gasteiger partial charge in [-0.05, 0) is 39.9 Å². The lowest BCUT2D eigenvalue weighted by atomic mass is 10.3. The van der Waals surface area contributed by atoms with Gasteiger partial charge in [-0.1, -0.05) is 0 Å². The van der Waals surface area contributed by atoms with Crippen LogP contribution in [0.5, 0.6) is 0 Å². The Morgan fingerprint density at radius 3 is 3.00 bits per heavy atom. The van der Waals surface area contributed by atoms with Crippen LogP contribution in [0.15, 0.2) is 15.2 Å². The summed E-state index contributed by atoms with van der Waals surface area (Å²) in [5.74, 6) is -0.345. The van der Waals surface area contributed by atoms with Crippen molar-refractivity contribution in [3.8, 4) is 0 Å². The quantitative estimate of drug-likeness (QED) is 0.869. The zero-order chi connectivity index (χ0) is 9.84. The summed E-state index contributed by atoms with van der Waals surface area (Å²) in [7, 11) is 0. The molecule has 3 nitrogen and oxygen atoms in total. The van der Waals surface area contributed by atoms with Crippen molar-refractivity contribution < 1.29 is 9.90 Å². The first-order chi connectivity index (χ1) is 6.09. The number of amides is 1. The molecule has 0 aliphatic carbocycles. The summed E-state index contributed by atoms with van der Waals surface area (Å²) in [6.07, 6.45) is -0.943. The number of hydrogen-bond acceptors (Lipinski definition) is 3. The number of carbonyl (C=O) groups is 1. The van der Waals surface area contributed by atoms with Gasteiger partial charge >= 0.3 is 0 Å². The molecule has 0 aliphatic heterocycles. The normalized spacial score (nSPS) is 12.5. The monoisotopic (exact) mass is 263 g/mol. The molecule has 0 saturated heterocycles. The molecule has 0 aromatic carbocycles. The number of nitrogens with one attached hydrogen (secondary N) is 1. The maximum absolute atomic E-state index is 11.0. The van der Waals surface area contributed by atoms with E-state index in [1.165, 1.54) is 6.92 Å². The van der Waals surface area contributed by atoms with Crippen LogP contribution >= 0.6 is 27.3 Å². The van der Waals surface area contributed by atoms with Crippen molar-refractivity contribution in [2.45, 2.75) is 19.6 Å². The van der Waals surface area contributed by atoms with E-state index >= 15 is 0 Å². The molecule has 2 N–H and O–H groups in total. The van der Waals surface area contributed by atoms with Gasteiger partial charge in [0.2, 0.25) is 5.91 Å². The van der Waals surface area contributed by atoms with E-state index in [0.717, 1.165) is 9.35 Å². The second-order valence-electron chi connectivity index (χ2n) is 2.65. The highest BCUT2D eigenvalue weighted by Gasteiger charge is 2.07. The Balaban J connectivity index is 2.39. The highest BCUT2D eigenvalue weighted by atomic mass is 79.9. The molecular weight excluding hydrogens is 254 g/mol. The minimum absolute atomic E-state index is 0.345. The van der Waals surface area contributed by atoms with Crippen LogP contribution in [-0.4, -0.2) is 17.1 Å². The average Bonchev–Trinajstić information content (AvgIpc) is 2.47. The number of aliphatic hydroxyl groups is 1. The Morgan fingerprint density at radius 2 is 2.54 bits per heavy atom. The standard InChI is InChI=1S/C8H10BrNO2S/c1-5(11)8(12)10-3-6-2-7(9)13-4-6/h2,4-5,11H,3H2,1H3,(H,10,12)/t5-/m1/s1. The summed E-state index contributed by atoms with van der Waals surface area (Å²) in [5, 5.41) is 13.4. The predicted molar refractivity (Wildman–Crippen MR) is 55.5 cm³/mol. The molecule has 1 amide bonds. The van der Waals surface area contributed by atoms with Crippen molar-refractivity contribution in [3.63, 3.8) is 0 Å². The van der Waals surface area contributed by atoms with Crippen molar-refractivity contribution in [1.29, 1.82) is 0 Å². The second kappa shape index (κ2) is 4.74. The first-order valence-corrected chi connectivity index (χ1v) is 5.45. The number of carbonyl (C=O) groups excluding carboxylic acids is 1. The van der Waals surface area contributed by atoms with Crippen molar-refractivity contribution in [2.24, 2.45) is 0 Å². The molecule has 0 fully saturated rings. The van der Waals surface area contributed by atoms with Gasteiger partial charge in [0, 0.05) is 6.54 Å². The Bertz CT molecular complexity index is 298. The van der Waals surface area contributed by atoms with E-state index in [2.05, 4.69) is 21.2 Å². The molecule has 0 bridgehead atoms. The fourth-order valence-corrected chi connectivity index (χ4v) is 1.98. The first kappa shape index (κ1) is 10.7. The van der Waals surface area contributed by atoms with Gasteiger partial charge in [-0.2, -0.15) is 0 Å². The summed E-state index contributed by atoms with van der Waals surface area (Å²) in [6.45, 7) is 1.91. The van der Waals surface area contributed by atoms with Gasteiger partial charge < -0.3 is 10.4 Å². The summed E-state index contributed by atoms with van der Waals surface area (Å²) >= 11 is 4.89. The van der Waals surface area contributed by atoms with Crippen LogP contribution in [0.2, 0.25) is 0 Å². The van der Waals surface area contributed by atoms with Crippen LogP contribution in [0.4, 0.5) is 0 Å². The molecular formula is C8H10BrNO2S. The lowest BCUT2D eigenvalue weighted by molar-refractivity contribution is -0.128. The number of aliphatic hydroxyl groups excluding tert-OH is 1. The van der Waals surface area contributed by atoms with Crippen LogP contribution in [0.1, 0.15) is 12.5 Å². The number of rotatable bonds is 3. The van der Waals surface area contributed by atoms with Crippen LogP contribution in [-0.2, 0) is 11.3 Å². The van der Waals surface area contributed by atoms with E-state index in [1.54, 1.807) is 11.3 Å². The van der Waals surface area contributed by atoms with Gasteiger partial charge in [0.05, 0.1) is 3.79 Å². The SMILES string of the molecule is C[C@@H](O)C(=O)NCc1csc(Br)c1. The van der Waals surface area contributed by atoms with Gasteiger partial charge in [0.1, 0.15) is 6.10 Å². The number of thiophene rings is 1. The highest BCUT2D eigenvalue weighted by molar-refractivity contribution is 9.11. The molecule has 1 rings (SSSR count). The topological polar surface area (TPSA) is 49.3 Å². The van der Waals surface area contributed by atoms with Crippen LogP contribution in [0.25, 0.3) is 0 Å². The smallest absolute Gasteiger partial charge is 0.248 e. The van der Waals surface area contributed by atoms with Crippen molar-refractivity contribution in [3.05, 3.63) is 20.8 Å². The van der Waals surface area contributed by atoms with Gasteiger partial charge in [0.15, 0.2) is 0 Å². The van der Waals surface area contributed by atoms with E-state index in [1.807, 2.05) is 11.4 Å². The Morgan fingerprint density at radius 1 is 1.85 bits per heavy atom. The van der Waals surface area contributed by atoms with E-state index in [9.17, 15) is 4.79 Å². The van der Waals surface area contributed by atoms with E-state index in [-0.39, 0.29) is 5.91 Å². The molecule has 0 aliphatic rings. The second-order valence-corrected chi connectivity index (χ2v) is 4.94. The molecule has 0 saturated carbocycles. The minimum Gasteiger partial charge on any atom is -0.384 e. The molecule has 5 heteroatoms. The lowest BCUT2D eigenvalue weighted by Gasteiger charge is -2.04. The molecule has 13 heavy (non-hydrogen) atoms. The van der Waals surface area contributed by atoms with Crippen molar-refractivity contribution >= 4 is 33.2 Å². The van der Waals surface area contributed by atoms with Crippen molar-refractivity contribution in [2.75, 3.05) is 0 Å². The molecule has 1 aromatic heterocycles. The van der Waals surface area contributed by atoms with E-state index < -0.39 is 6.10 Å². The maximum Gasteiger partial charge on any atom is 0.248 e. The first-order valence-electron chi connectivity index (χ1n) is 3.78. The Kier molecular flexibility index (Phi) is 3.90. The zero-order valence-corrected chi connectivity index (χ0v) is 9.48. The maximum atomic E-state index is 11.0. The third kappa shape index (κ3) is 3.46. The fraction of sp³-hybridized carbons (Fsp3) is 0.375. The summed E-state index contributed by atoms with van der Waals surface area (Å²) in [5.41, 5.74) is 1.03. The van der Waals surface area contributed by atoms with Gasteiger partial charge in [-0.25, -0.2) is 0 Å². The molecule has 0 unspecified atom stereocenters. The van der Waals surface area contributed by atoms with Gasteiger partial charge in [0.25, 0.3) is 0 Å².